The Bertz CT molecular complexity index is 475. The summed E-state index contributed by atoms with van der Waals surface area (Å²) in [4.78, 5) is 14.9. The van der Waals surface area contributed by atoms with Crippen LogP contribution in [-0.4, -0.2) is 15.2 Å². The van der Waals surface area contributed by atoms with Crippen LogP contribution in [0, 0.1) is 5.95 Å². The second kappa shape index (κ2) is 2.65. The number of carbonyl (C=O) groups excluding carboxylic acids is 1. The van der Waals surface area contributed by atoms with Crippen molar-refractivity contribution in [1.82, 2.24) is 9.38 Å². The van der Waals surface area contributed by atoms with Gasteiger partial charge in [-0.05, 0) is 12.1 Å². The molecule has 0 fully saturated rings. The average molecular weight is 178 g/mol. The summed E-state index contributed by atoms with van der Waals surface area (Å²) in [5.41, 5.74) is 0.732. The summed E-state index contributed by atoms with van der Waals surface area (Å²) >= 11 is 0. The summed E-state index contributed by atoms with van der Waals surface area (Å²) in [7, 11) is 0. The van der Waals surface area contributed by atoms with Gasteiger partial charge in [-0.1, -0.05) is 6.07 Å². The molecule has 0 aliphatic rings. The van der Waals surface area contributed by atoms with E-state index in [1.807, 2.05) is 0 Å². The Kier molecular flexibility index (Phi) is 1.62. The van der Waals surface area contributed by atoms with E-state index >= 15 is 0 Å². The van der Waals surface area contributed by atoms with Crippen LogP contribution in [0.2, 0.25) is 0 Å². The third-order valence-corrected chi connectivity index (χ3v) is 1.80. The molecule has 4 heteroatoms. The van der Waals surface area contributed by atoms with Gasteiger partial charge in [-0.15, -0.1) is 0 Å². The molecule has 0 unspecified atom stereocenters. The summed E-state index contributed by atoms with van der Waals surface area (Å²) in [6, 6.07) is 4.52. The van der Waals surface area contributed by atoms with Crippen LogP contribution < -0.4 is 0 Å². The standard InChI is InChI=1S/C9H7FN2O/c1-6(13)7-5-12-8(10)3-2-4-9(12)11-7/h2-5H,1H3. The molecule has 0 amide bonds. The Morgan fingerprint density at radius 2 is 2.31 bits per heavy atom. The van der Waals surface area contributed by atoms with E-state index in [9.17, 15) is 9.18 Å². The molecule has 0 aromatic carbocycles. The highest BCUT2D eigenvalue weighted by Gasteiger charge is 2.07. The molecule has 0 atom stereocenters. The van der Waals surface area contributed by atoms with E-state index < -0.39 is 5.95 Å². The summed E-state index contributed by atoms with van der Waals surface area (Å²) in [6.45, 7) is 1.40. The SMILES string of the molecule is CC(=O)c1cn2c(F)cccc2n1. The highest BCUT2D eigenvalue weighted by molar-refractivity contribution is 5.92. The van der Waals surface area contributed by atoms with Gasteiger partial charge < -0.3 is 0 Å². The van der Waals surface area contributed by atoms with Crippen molar-refractivity contribution < 1.29 is 9.18 Å². The zero-order chi connectivity index (χ0) is 9.42. The van der Waals surface area contributed by atoms with Crippen LogP contribution in [-0.2, 0) is 0 Å². The molecule has 3 nitrogen and oxygen atoms in total. The van der Waals surface area contributed by atoms with E-state index in [4.69, 9.17) is 0 Å². The zero-order valence-electron chi connectivity index (χ0n) is 6.99. The number of hydrogen-bond acceptors (Lipinski definition) is 2. The third kappa shape index (κ3) is 1.20. The number of rotatable bonds is 1. The average Bonchev–Trinajstić information content (AvgIpc) is 2.49. The topological polar surface area (TPSA) is 34.4 Å². The molecule has 0 bridgehead atoms. The smallest absolute Gasteiger partial charge is 0.199 e. The largest absolute Gasteiger partial charge is 0.293 e. The predicted octanol–water partition coefficient (Wildman–Crippen LogP) is 1.68. The van der Waals surface area contributed by atoms with Gasteiger partial charge in [0.2, 0.25) is 0 Å². The van der Waals surface area contributed by atoms with Crippen molar-refractivity contribution in [3.63, 3.8) is 0 Å². The fourth-order valence-electron chi connectivity index (χ4n) is 1.15. The fourth-order valence-corrected chi connectivity index (χ4v) is 1.15. The lowest BCUT2D eigenvalue weighted by molar-refractivity contribution is 0.101. The molecule has 0 saturated heterocycles. The maximum Gasteiger partial charge on any atom is 0.199 e. The number of fused-ring (bicyclic) bond motifs is 1. The van der Waals surface area contributed by atoms with Gasteiger partial charge in [-0.2, -0.15) is 4.39 Å². The van der Waals surface area contributed by atoms with Crippen molar-refractivity contribution >= 4 is 11.4 Å². The molecule has 2 heterocycles. The maximum absolute atomic E-state index is 13.1. The number of carbonyl (C=O) groups is 1. The predicted molar refractivity (Wildman–Crippen MR) is 45.2 cm³/mol. The summed E-state index contributed by atoms with van der Waals surface area (Å²) in [5.74, 6) is -0.583. The van der Waals surface area contributed by atoms with Crippen molar-refractivity contribution in [2.75, 3.05) is 0 Å². The van der Waals surface area contributed by atoms with Gasteiger partial charge in [-0.3, -0.25) is 9.20 Å². The Hall–Kier alpha value is -1.71. The number of nitrogens with zero attached hydrogens (tertiary/aromatic N) is 2. The van der Waals surface area contributed by atoms with E-state index in [1.165, 1.54) is 23.6 Å². The highest BCUT2D eigenvalue weighted by atomic mass is 19.1. The second-order valence-corrected chi connectivity index (χ2v) is 2.76. The van der Waals surface area contributed by atoms with E-state index in [1.54, 1.807) is 12.1 Å². The minimum absolute atomic E-state index is 0.164. The van der Waals surface area contributed by atoms with Crippen LogP contribution >= 0.6 is 0 Å². The molecule has 13 heavy (non-hydrogen) atoms. The van der Waals surface area contributed by atoms with E-state index in [-0.39, 0.29) is 11.5 Å². The molecular weight excluding hydrogens is 171 g/mol. The van der Waals surface area contributed by atoms with Crippen LogP contribution in [0.25, 0.3) is 5.65 Å². The van der Waals surface area contributed by atoms with Crippen molar-refractivity contribution in [2.45, 2.75) is 6.92 Å². The van der Waals surface area contributed by atoms with E-state index in [2.05, 4.69) is 4.98 Å². The molecule has 0 aliphatic carbocycles. The van der Waals surface area contributed by atoms with E-state index in [0.29, 0.717) is 5.65 Å². The summed E-state index contributed by atoms with van der Waals surface area (Å²) in [6.07, 6.45) is 1.40. The van der Waals surface area contributed by atoms with Crippen molar-refractivity contribution in [3.05, 3.63) is 36.0 Å². The molecule has 0 aliphatic heterocycles. The third-order valence-electron chi connectivity index (χ3n) is 1.80. The van der Waals surface area contributed by atoms with Crippen LogP contribution in [0.5, 0.6) is 0 Å². The number of aromatic nitrogens is 2. The second-order valence-electron chi connectivity index (χ2n) is 2.76. The molecular formula is C9H7FN2O. The molecule has 2 rings (SSSR count). The first kappa shape index (κ1) is 7.91. The lowest BCUT2D eigenvalue weighted by atomic mass is 10.3. The summed E-state index contributed by atoms with van der Waals surface area (Å²) in [5, 5.41) is 0. The van der Waals surface area contributed by atoms with Crippen LogP contribution in [0.15, 0.2) is 24.4 Å². The Morgan fingerprint density at radius 3 is 2.92 bits per heavy atom. The first-order valence-corrected chi connectivity index (χ1v) is 3.83. The molecule has 0 saturated carbocycles. The van der Waals surface area contributed by atoms with Gasteiger partial charge >= 0.3 is 0 Å². The Balaban J connectivity index is 2.75. The number of ketones is 1. The number of halogens is 1. The van der Waals surface area contributed by atoms with Crippen LogP contribution in [0.1, 0.15) is 17.4 Å². The summed E-state index contributed by atoms with van der Waals surface area (Å²) < 4.78 is 14.3. The minimum Gasteiger partial charge on any atom is -0.293 e. The lowest BCUT2D eigenvalue weighted by Gasteiger charge is -1.91. The minimum atomic E-state index is -0.419. The first-order chi connectivity index (χ1) is 6.18. The van der Waals surface area contributed by atoms with Crippen LogP contribution in [0.4, 0.5) is 4.39 Å². The van der Waals surface area contributed by atoms with Crippen molar-refractivity contribution in [1.29, 1.82) is 0 Å². The van der Waals surface area contributed by atoms with Crippen molar-refractivity contribution in [2.24, 2.45) is 0 Å². The normalized spacial score (nSPS) is 10.6. The Morgan fingerprint density at radius 1 is 1.54 bits per heavy atom. The molecule has 66 valence electrons. The molecule has 2 aromatic rings. The van der Waals surface area contributed by atoms with Gasteiger partial charge in [0.05, 0.1) is 0 Å². The lowest BCUT2D eigenvalue weighted by Crippen LogP contribution is -1.90. The van der Waals surface area contributed by atoms with Crippen molar-refractivity contribution in [3.8, 4) is 0 Å². The van der Waals surface area contributed by atoms with Gasteiger partial charge in [0.15, 0.2) is 11.7 Å². The number of imidazole rings is 1. The molecule has 0 N–H and O–H groups in total. The fraction of sp³-hybridized carbons (Fsp3) is 0.111. The monoisotopic (exact) mass is 178 g/mol. The number of hydrogen-bond donors (Lipinski definition) is 0. The number of pyridine rings is 1. The zero-order valence-corrected chi connectivity index (χ0v) is 6.99. The molecule has 0 spiro atoms. The first-order valence-electron chi connectivity index (χ1n) is 3.83. The van der Waals surface area contributed by atoms with Gasteiger partial charge in [0.25, 0.3) is 0 Å². The highest BCUT2D eigenvalue weighted by Crippen LogP contribution is 2.07. The number of Topliss-reactive ketones (excluding diaryl/α,β-unsaturated/α-hetero) is 1. The quantitative estimate of drug-likeness (QED) is 0.491. The Labute approximate surface area is 73.8 Å². The van der Waals surface area contributed by atoms with Crippen LogP contribution in [0.3, 0.4) is 0 Å². The maximum atomic E-state index is 13.1. The molecule has 2 aromatic heterocycles. The van der Waals surface area contributed by atoms with E-state index in [0.717, 1.165) is 0 Å². The van der Waals surface area contributed by atoms with Gasteiger partial charge in [0.1, 0.15) is 11.3 Å². The van der Waals surface area contributed by atoms with Gasteiger partial charge in [0, 0.05) is 13.1 Å². The molecule has 0 radical (unpaired) electrons. The van der Waals surface area contributed by atoms with Gasteiger partial charge in [-0.25, -0.2) is 4.98 Å².